The normalized spacial score (nSPS) is 24.4. The van der Waals surface area contributed by atoms with Gasteiger partial charge in [-0.1, -0.05) is 31.5 Å². The van der Waals surface area contributed by atoms with E-state index in [1.165, 1.54) is 11.6 Å². The zero-order valence-electron chi connectivity index (χ0n) is 16.6. The molecule has 3 atom stereocenters. The Hall–Kier alpha value is -1.91. The standard InChI is InChI=1S/C24H30FNO2/c1-2-3-15-28-23-10-6-9-22(24(23)27)26-20-8-5-4-7-17(20)11-12-18-16-19(25)13-14-21(18)26/h4-5,7-8,13-14,16,22-24,27H,2-3,6,9-12,15H2,1H3/t22-,23-,24+/m1/s1. The Bertz CT molecular complexity index is 809. The van der Waals surface area contributed by atoms with Gasteiger partial charge in [-0.25, -0.2) is 4.39 Å². The van der Waals surface area contributed by atoms with Gasteiger partial charge in [-0.15, -0.1) is 0 Å². The second-order valence-corrected chi connectivity index (χ2v) is 8.02. The van der Waals surface area contributed by atoms with Crippen LogP contribution in [-0.4, -0.2) is 30.0 Å². The molecule has 0 aromatic heterocycles. The minimum absolute atomic E-state index is 0.0659. The van der Waals surface area contributed by atoms with Crippen molar-refractivity contribution in [1.82, 2.24) is 0 Å². The smallest absolute Gasteiger partial charge is 0.123 e. The van der Waals surface area contributed by atoms with Crippen molar-refractivity contribution in [2.24, 2.45) is 0 Å². The van der Waals surface area contributed by atoms with Gasteiger partial charge in [-0.2, -0.15) is 0 Å². The number of para-hydroxylation sites is 1. The lowest BCUT2D eigenvalue weighted by Crippen LogP contribution is -2.51. The van der Waals surface area contributed by atoms with E-state index in [1.807, 2.05) is 12.1 Å². The number of ether oxygens (including phenoxy) is 1. The first-order valence-corrected chi connectivity index (χ1v) is 10.6. The zero-order valence-corrected chi connectivity index (χ0v) is 16.6. The summed E-state index contributed by atoms with van der Waals surface area (Å²) in [5.74, 6) is -0.199. The number of nitrogens with zero attached hydrogens (tertiary/aromatic N) is 1. The summed E-state index contributed by atoms with van der Waals surface area (Å²) >= 11 is 0. The molecule has 0 amide bonds. The van der Waals surface area contributed by atoms with Gasteiger partial charge in [0.2, 0.25) is 0 Å². The van der Waals surface area contributed by atoms with Crippen molar-refractivity contribution in [2.75, 3.05) is 11.5 Å². The Morgan fingerprint density at radius 3 is 2.71 bits per heavy atom. The largest absolute Gasteiger partial charge is 0.388 e. The third-order valence-corrected chi connectivity index (χ3v) is 6.14. The predicted molar refractivity (Wildman–Crippen MR) is 111 cm³/mol. The molecule has 0 bridgehead atoms. The summed E-state index contributed by atoms with van der Waals surface area (Å²) in [6, 6.07) is 13.4. The average Bonchev–Trinajstić information content (AvgIpc) is 2.86. The van der Waals surface area contributed by atoms with Crippen LogP contribution in [0.2, 0.25) is 0 Å². The molecule has 1 N–H and O–H groups in total. The van der Waals surface area contributed by atoms with Gasteiger partial charge in [-0.05, 0) is 73.9 Å². The molecular formula is C24H30FNO2. The van der Waals surface area contributed by atoms with E-state index in [-0.39, 0.29) is 18.0 Å². The van der Waals surface area contributed by atoms with Gasteiger partial charge in [0.15, 0.2) is 0 Å². The second kappa shape index (κ2) is 8.62. The molecule has 2 aliphatic rings. The monoisotopic (exact) mass is 383 g/mol. The number of fused-ring (bicyclic) bond motifs is 2. The molecule has 28 heavy (non-hydrogen) atoms. The summed E-state index contributed by atoms with van der Waals surface area (Å²) in [6.45, 7) is 2.84. The van der Waals surface area contributed by atoms with Gasteiger partial charge in [0.05, 0.1) is 12.1 Å². The molecule has 2 aromatic rings. The summed E-state index contributed by atoms with van der Waals surface area (Å²) in [6.07, 6.45) is 5.91. The molecule has 1 saturated carbocycles. The number of anilines is 2. The molecule has 0 unspecified atom stereocenters. The number of benzene rings is 2. The molecule has 1 heterocycles. The van der Waals surface area contributed by atoms with Crippen LogP contribution in [0.1, 0.15) is 50.2 Å². The number of hydrogen-bond acceptors (Lipinski definition) is 3. The average molecular weight is 384 g/mol. The highest BCUT2D eigenvalue weighted by molar-refractivity contribution is 5.72. The number of aryl methyl sites for hydroxylation is 2. The Labute approximate surface area is 167 Å². The number of halogens is 1. The first kappa shape index (κ1) is 19.4. The highest BCUT2D eigenvalue weighted by Crippen LogP contribution is 2.41. The number of unbranched alkanes of at least 4 members (excludes halogenated alkanes) is 1. The van der Waals surface area contributed by atoms with Crippen molar-refractivity contribution in [2.45, 2.75) is 70.1 Å². The summed E-state index contributed by atoms with van der Waals surface area (Å²) in [5.41, 5.74) is 4.41. The molecule has 0 saturated heterocycles. The lowest BCUT2D eigenvalue weighted by atomic mass is 9.87. The first-order chi connectivity index (χ1) is 13.7. The van der Waals surface area contributed by atoms with Gasteiger partial charge < -0.3 is 14.7 Å². The van der Waals surface area contributed by atoms with Crippen LogP contribution < -0.4 is 4.90 Å². The highest BCUT2D eigenvalue weighted by Gasteiger charge is 2.38. The van der Waals surface area contributed by atoms with Crippen molar-refractivity contribution in [1.29, 1.82) is 0 Å². The number of rotatable bonds is 5. The van der Waals surface area contributed by atoms with E-state index in [9.17, 15) is 9.50 Å². The molecule has 4 rings (SSSR count). The maximum absolute atomic E-state index is 13.9. The van der Waals surface area contributed by atoms with Gasteiger partial charge >= 0.3 is 0 Å². The number of aliphatic hydroxyl groups is 1. The molecule has 1 aliphatic heterocycles. The molecule has 1 aliphatic carbocycles. The lowest BCUT2D eigenvalue weighted by Gasteiger charge is -2.43. The predicted octanol–water partition coefficient (Wildman–Crippen LogP) is 5.16. The van der Waals surface area contributed by atoms with Crippen molar-refractivity contribution in [3.8, 4) is 0 Å². The van der Waals surface area contributed by atoms with Crippen molar-refractivity contribution < 1.29 is 14.2 Å². The van der Waals surface area contributed by atoms with E-state index in [4.69, 9.17) is 4.74 Å². The molecule has 3 nitrogen and oxygen atoms in total. The first-order valence-electron chi connectivity index (χ1n) is 10.6. The summed E-state index contributed by atoms with van der Waals surface area (Å²) in [5, 5.41) is 11.2. The summed E-state index contributed by atoms with van der Waals surface area (Å²) < 4.78 is 20.0. The van der Waals surface area contributed by atoms with Gasteiger partial charge in [-0.3, -0.25) is 0 Å². The minimum atomic E-state index is -0.560. The van der Waals surface area contributed by atoms with Crippen LogP contribution in [0.4, 0.5) is 15.8 Å². The van der Waals surface area contributed by atoms with E-state index >= 15 is 0 Å². The highest BCUT2D eigenvalue weighted by atomic mass is 19.1. The van der Waals surface area contributed by atoms with Crippen LogP contribution in [0.25, 0.3) is 0 Å². The van der Waals surface area contributed by atoms with Crippen LogP contribution in [0.15, 0.2) is 42.5 Å². The third kappa shape index (κ3) is 3.81. The lowest BCUT2D eigenvalue weighted by molar-refractivity contribution is -0.0672. The fourth-order valence-electron chi connectivity index (χ4n) is 4.66. The number of hydrogen-bond donors (Lipinski definition) is 1. The topological polar surface area (TPSA) is 32.7 Å². The Morgan fingerprint density at radius 1 is 1.07 bits per heavy atom. The minimum Gasteiger partial charge on any atom is -0.388 e. The van der Waals surface area contributed by atoms with Crippen molar-refractivity contribution in [3.05, 3.63) is 59.4 Å². The maximum Gasteiger partial charge on any atom is 0.123 e. The van der Waals surface area contributed by atoms with Gasteiger partial charge in [0, 0.05) is 18.0 Å². The van der Waals surface area contributed by atoms with Gasteiger partial charge in [0.25, 0.3) is 0 Å². The molecule has 1 fully saturated rings. The molecule has 0 radical (unpaired) electrons. The molecule has 2 aromatic carbocycles. The van der Waals surface area contributed by atoms with Crippen LogP contribution in [0.5, 0.6) is 0 Å². The fourth-order valence-corrected chi connectivity index (χ4v) is 4.66. The molecule has 0 spiro atoms. The third-order valence-electron chi connectivity index (χ3n) is 6.14. The van der Waals surface area contributed by atoms with E-state index in [0.717, 1.165) is 61.9 Å². The molecule has 150 valence electrons. The number of aliphatic hydroxyl groups excluding tert-OH is 1. The van der Waals surface area contributed by atoms with E-state index in [2.05, 4.69) is 30.0 Å². The van der Waals surface area contributed by atoms with E-state index < -0.39 is 6.10 Å². The molecular weight excluding hydrogens is 353 g/mol. The summed E-state index contributed by atoms with van der Waals surface area (Å²) in [4.78, 5) is 2.26. The van der Waals surface area contributed by atoms with Crippen LogP contribution in [0, 0.1) is 5.82 Å². The SMILES string of the molecule is CCCCO[C@@H]1CCC[C@@H](N2c3ccccc3CCc3cc(F)ccc32)[C@@H]1O. The van der Waals surface area contributed by atoms with E-state index in [0.29, 0.717) is 6.61 Å². The van der Waals surface area contributed by atoms with Crippen LogP contribution >= 0.6 is 0 Å². The van der Waals surface area contributed by atoms with E-state index in [1.54, 1.807) is 6.07 Å². The quantitative estimate of drug-likeness (QED) is 0.724. The molecule has 4 heteroatoms. The maximum atomic E-state index is 13.9. The van der Waals surface area contributed by atoms with Crippen LogP contribution in [0.3, 0.4) is 0 Å². The Balaban J connectivity index is 1.71. The Kier molecular flexibility index (Phi) is 5.98. The van der Waals surface area contributed by atoms with Gasteiger partial charge in [0.1, 0.15) is 11.9 Å². The second-order valence-electron chi connectivity index (χ2n) is 8.02. The fraction of sp³-hybridized carbons (Fsp3) is 0.500. The van der Waals surface area contributed by atoms with Crippen molar-refractivity contribution >= 4 is 11.4 Å². The van der Waals surface area contributed by atoms with Crippen molar-refractivity contribution in [3.63, 3.8) is 0 Å². The summed E-state index contributed by atoms with van der Waals surface area (Å²) in [7, 11) is 0. The Morgan fingerprint density at radius 2 is 1.86 bits per heavy atom. The van der Waals surface area contributed by atoms with Crippen LogP contribution in [-0.2, 0) is 17.6 Å². The zero-order chi connectivity index (χ0) is 19.5.